The van der Waals surface area contributed by atoms with Crippen molar-refractivity contribution in [1.29, 1.82) is 0 Å². The molecule has 0 saturated carbocycles. The molecule has 0 amide bonds. The zero-order chi connectivity index (χ0) is 15.0. The van der Waals surface area contributed by atoms with Crippen LogP contribution in [-0.4, -0.2) is 10.1 Å². The Morgan fingerprint density at radius 2 is 1.76 bits per heavy atom. The Kier molecular flexibility index (Phi) is 3.26. The van der Waals surface area contributed by atoms with Crippen molar-refractivity contribution in [3.8, 4) is 0 Å². The van der Waals surface area contributed by atoms with Crippen LogP contribution in [0.1, 0.15) is 44.1 Å². The topological polar surface area (TPSA) is 64.9 Å². The van der Waals surface area contributed by atoms with Gasteiger partial charge in [-0.05, 0) is 22.4 Å². The summed E-state index contributed by atoms with van der Waals surface area (Å²) < 4.78 is 5.32. The maximum Gasteiger partial charge on any atom is 0.232 e. The SMILES string of the molecule is CC(C)(C)c1nc(C(N)c2ccc3ccccc3c2)no1. The summed E-state index contributed by atoms with van der Waals surface area (Å²) in [5.74, 6) is 1.13. The van der Waals surface area contributed by atoms with Crippen LogP contribution in [0.4, 0.5) is 0 Å². The van der Waals surface area contributed by atoms with E-state index in [0.717, 1.165) is 10.9 Å². The first kappa shape index (κ1) is 13.8. The van der Waals surface area contributed by atoms with Gasteiger partial charge in [0.1, 0.15) is 0 Å². The third-order valence-electron chi connectivity index (χ3n) is 3.49. The lowest BCUT2D eigenvalue weighted by Gasteiger charge is -2.11. The fourth-order valence-corrected chi connectivity index (χ4v) is 2.22. The van der Waals surface area contributed by atoms with E-state index in [0.29, 0.717) is 11.7 Å². The van der Waals surface area contributed by atoms with Crippen molar-refractivity contribution in [3.63, 3.8) is 0 Å². The van der Waals surface area contributed by atoms with Crippen molar-refractivity contribution in [2.24, 2.45) is 5.73 Å². The summed E-state index contributed by atoms with van der Waals surface area (Å²) in [6.07, 6.45) is 0. The van der Waals surface area contributed by atoms with Crippen molar-refractivity contribution >= 4 is 10.8 Å². The van der Waals surface area contributed by atoms with Crippen LogP contribution in [0.5, 0.6) is 0 Å². The average Bonchev–Trinajstić information content (AvgIpc) is 2.96. The molecule has 108 valence electrons. The van der Waals surface area contributed by atoms with E-state index >= 15 is 0 Å². The molecular formula is C17H19N3O. The fraction of sp³-hybridized carbons (Fsp3) is 0.294. The minimum atomic E-state index is -0.380. The molecule has 0 radical (unpaired) electrons. The van der Waals surface area contributed by atoms with E-state index in [1.165, 1.54) is 5.39 Å². The summed E-state index contributed by atoms with van der Waals surface area (Å²) in [7, 11) is 0. The van der Waals surface area contributed by atoms with Crippen LogP contribution in [0.3, 0.4) is 0 Å². The number of nitrogens with two attached hydrogens (primary N) is 1. The first-order valence-electron chi connectivity index (χ1n) is 7.03. The molecule has 0 aliphatic carbocycles. The van der Waals surface area contributed by atoms with Crippen LogP contribution in [0, 0.1) is 0 Å². The van der Waals surface area contributed by atoms with E-state index in [4.69, 9.17) is 10.3 Å². The molecule has 0 spiro atoms. The van der Waals surface area contributed by atoms with E-state index in [9.17, 15) is 0 Å². The lowest BCUT2D eigenvalue weighted by molar-refractivity contribution is 0.317. The Bertz CT molecular complexity index is 771. The third-order valence-corrected chi connectivity index (χ3v) is 3.49. The summed E-state index contributed by atoms with van der Waals surface area (Å²) in [5, 5.41) is 6.38. The Labute approximate surface area is 124 Å². The largest absolute Gasteiger partial charge is 0.339 e. The molecular weight excluding hydrogens is 262 g/mol. The van der Waals surface area contributed by atoms with Crippen LogP contribution >= 0.6 is 0 Å². The Hall–Kier alpha value is -2.20. The maximum atomic E-state index is 6.28. The standard InChI is InChI=1S/C17H19N3O/c1-17(2,3)16-19-15(20-21-16)14(18)13-9-8-11-6-4-5-7-12(11)10-13/h4-10,14H,18H2,1-3H3. The van der Waals surface area contributed by atoms with Gasteiger partial charge in [-0.3, -0.25) is 0 Å². The molecule has 4 heteroatoms. The lowest BCUT2D eigenvalue weighted by Crippen LogP contribution is -2.15. The molecule has 4 nitrogen and oxygen atoms in total. The summed E-state index contributed by atoms with van der Waals surface area (Å²) in [6.45, 7) is 6.10. The van der Waals surface area contributed by atoms with Crippen molar-refractivity contribution in [1.82, 2.24) is 10.1 Å². The number of fused-ring (bicyclic) bond motifs is 1. The molecule has 1 unspecified atom stereocenters. The highest BCUT2D eigenvalue weighted by molar-refractivity contribution is 5.83. The number of benzene rings is 2. The van der Waals surface area contributed by atoms with Crippen LogP contribution in [0.25, 0.3) is 10.8 Å². The first-order valence-corrected chi connectivity index (χ1v) is 7.03. The predicted octanol–water partition coefficient (Wildman–Crippen LogP) is 3.57. The van der Waals surface area contributed by atoms with Gasteiger partial charge in [-0.15, -0.1) is 0 Å². The molecule has 0 aliphatic rings. The quantitative estimate of drug-likeness (QED) is 0.780. The zero-order valence-corrected chi connectivity index (χ0v) is 12.5. The minimum absolute atomic E-state index is 0.172. The highest BCUT2D eigenvalue weighted by atomic mass is 16.5. The fourth-order valence-electron chi connectivity index (χ4n) is 2.22. The minimum Gasteiger partial charge on any atom is -0.339 e. The van der Waals surface area contributed by atoms with Gasteiger partial charge in [-0.1, -0.05) is 62.3 Å². The summed E-state index contributed by atoms with van der Waals surface area (Å²) >= 11 is 0. The van der Waals surface area contributed by atoms with Crippen molar-refractivity contribution in [2.45, 2.75) is 32.2 Å². The van der Waals surface area contributed by atoms with E-state index in [1.54, 1.807) is 0 Å². The second kappa shape index (κ2) is 4.97. The summed E-state index contributed by atoms with van der Waals surface area (Å²) in [5.41, 5.74) is 7.09. The second-order valence-corrected chi connectivity index (χ2v) is 6.29. The molecule has 0 bridgehead atoms. The zero-order valence-electron chi connectivity index (χ0n) is 12.5. The molecule has 1 atom stereocenters. The molecule has 0 fully saturated rings. The molecule has 2 aromatic carbocycles. The normalized spacial score (nSPS) is 13.5. The Morgan fingerprint density at radius 3 is 2.43 bits per heavy atom. The summed E-state index contributed by atoms with van der Waals surface area (Å²) in [4.78, 5) is 4.44. The molecule has 0 aliphatic heterocycles. The number of nitrogens with zero attached hydrogens (tertiary/aromatic N) is 2. The predicted molar refractivity (Wildman–Crippen MR) is 83.0 cm³/mol. The van der Waals surface area contributed by atoms with Gasteiger partial charge in [0.05, 0.1) is 6.04 Å². The molecule has 3 aromatic rings. The van der Waals surface area contributed by atoms with Crippen molar-refractivity contribution in [3.05, 3.63) is 59.7 Å². The molecule has 0 saturated heterocycles. The highest BCUT2D eigenvalue weighted by Crippen LogP contribution is 2.25. The van der Waals surface area contributed by atoms with Gasteiger partial charge in [-0.2, -0.15) is 4.98 Å². The van der Waals surface area contributed by atoms with Gasteiger partial charge < -0.3 is 10.3 Å². The van der Waals surface area contributed by atoms with Crippen LogP contribution in [-0.2, 0) is 5.41 Å². The highest BCUT2D eigenvalue weighted by Gasteiger charge is 2.24. The van der Waals surface area contributed by atoms with Gasteiger partial charge in [0.25, 0.3) is 0 Å². The summed E-state index contributed by atoms with van der Waals surface area (Å²) in [6, 6.07) is 14.0. The number of rotatable bonds is 2. The van der Waals surface area contributed by atoms with E-state index in [-0.39, 0.29) is 11.5 Å². The smallest absolute Gasteiger partial charge is 0.232 e. The average molecular weight is 281 g/mol. The molecule has 1 heterocycles. The second-order valence-electron chi connectivity index (χ2n) is 6.29. The van der Waals surface area contributed by atoms with E-state index in [2.05, 4.69) is 34.4 Å². The van der Waals surface area contributed by atoms with Gasteiger partial charge in [0.15, 0.2) is 5.82 Å². The van der Waals surface area contributed by atoms with Crippen molar-refractivity contribution < 1.29 is 4.52 Å². The van der Waals surface area contributed by atoms with Gasteiger partial charge >= 0.3 is 0 Å². The molecule has 21 heavy (non-hydrogen) atoms. The lowest BCUT2D eigenvalue weighted by atomic mass is 9.97. The molecule has 3 rings (SSSR count). The number of hydrogen-bond acceptors (Lipinski definition) is 4. The number of aromatic nitrogens is 2. The van der Waals surface area contributed by atoms with Gasteiger partial charge in [0.2, 0.25) is 5.89 Å². The first-order chi connectivity index (χ1) is 9.95. The number of hydrogen-bond donors (Lipinski definition) is 1. The van der Waals surface area contributed by atoms with E-state index < -0.39 is 0 Å². The van der Waals surface area contributed by atoms with Gasteiger partial charge in [0, 0.05) is 5.41 Å². The van der Waals surface area contributed by atoms with Crippen LogP contribution < -0.4 is 5.73 Å². The maximum absolute atomic E-state index is 6.28. The van der Waals surface area contributed by atoms with Gasteiger partial charge in [-0.25, -0.2) is 0 Å². The van der Waals surface area contributed by atoms with E-state index in [1.807, 2.05) is 39.0 Å². The van der Waals surface area contributed by atoms with Crippen LogP contribution in [0.15, 0.2) is 47.0 Å². The third kappa shape index (κ3) is 2.67. The Balaban J connectivity index is 1.96. The molecule has 1 aromatic heterocycles. The molecule has 2 N–H and O–H groups in total. The monoisotopic (exact) mass is 281 g/mol. The van der Waals surface area contributed by atoms with Crippen molar-refractivity contribution in [2.75, 3.05) is 0 Å². The Morgan fingerprint density at radius 1 is 1.05 bits per heavy atom. The van der Waals surface area contributed by atoms with Crippen LogP contribution in [0.2, 0.25) is 0 Å².